The molecule has 0 unspecified atom stereocenters. The van der Waals surface area contributed by atoms with Crippen LogP contribution in [-0.2, 0) is 17.6 Å². The van der Waals surface area contributed by atoms with Gasteiger partial charge in [0.15, 0.2) is 0 Å². The quantitative estimate of drug-likeness (QED) is 0.753. The zero-order chi connectivity index (χ0) is 10.7. The van der Waals surface area contributed by atoms with Crippen molar-refractivity contribution in [3.63, 3.8) is 0 Å². The van der Waals surface area contributed by atoms with Gasteiger partial charge in [-0.15, -0.1) is 0 Å². The van der Waals surface area contributed by atoms with Crippen molar-refractivity contribution in [1.82, 2.24) is 0 Å². The van der Waals surface area contributed by atoms with Crippen LogP contribution in [0.2, 0.25) is 0 Å². The third-order valence-corrected chi connectivity index (χ3v) is 2.86. The van der Waals surface area contributed by atoms with Crippen LogP contribution >= 0.6 is 0 Å². The largest absolute Gasteiger partial charge is 0.493 e. The van der Waals surface area contributed by atoms with E-state index in [-0.39, 0.29) is 0 Å². The number of para-hydroxylation sites is 1. The molecule has 2 nitrogen and oxygen atoms in total. The van der Waals surface area contributed by atoms with Crippen LogP contribution in [0, 0.1) is 0 Å². The predicted molar refractivity (Wildman–Crippen MR) is 59.3 cm³/mol. The van der Waals surface area contributed by atoms with E-state index >= 15 is 0 Å². The SMILES string of the molecule is CCC(=O)CCc1cccc2c1OCC2. The van der Waals surface area contributed by atoms with E-state index in [4.69, 9.17) is 4.74 Å². The van der Waals surface area contributed by atoms with Crippen molar-refractivity contribution in [2.45, 2.75) is 32.6 Å². The number of aryl methyl sites for hydroxylation is 1. The van der Waals surface area contributed by atoms with Gasteiger partial charge in [0.2, 0.25) is 0 Å². The van der Waals surface area contributed by atoms with Gasteiger partial charge in [0.1, 0.15) is 11.5 Å². The maximum absolute atomic E-state index is 11.2. The van der Waals surface area contributed by atoms with Crippen molar-refractivity contribution >= 4 is 5.78 Å². The topological polar surface area (TPSA) is 26.3 Å². The van der Waals surface area contributed by atoms with Crippen molar-refractivity contribution in [3.8, 4) is 5.75 Å². The molecule has 0 spiro atoms. The smallest absolute Gasteiger partial charge is 0.132 e. The van der Waals surface area contributed by atoms with Crippen LogP contribution in [0.15, 0.2) is 18.2 Å². The maximum atomic E-state index is 11.2. The Bertz CT molecular complexity index is 369. The van der Waals surface area contributed by atoms with Crippen molar-refractivity contribution in [1.29, 1.82) is 0 Å². The molecule has 0 amide bonds. The Morgan fingerprint density at radius 3 is 3.13 bits per heavy atom. The summed E-state index contributed by atoms with van der Waals surface area (Å²) in [7, 11) is 0. The lowest BCUT2D eigenvalue weighted by atomic mass is 10.0. The summed E-state index contributed by atoms with van der Waals surface area (Å²) in [6.07, 6.45) is 3.09. The minimum absolute atomic E-state index is 0.325. The van der Waals surface area contributed by atoms with Crippen LogP contribution < -0.4 is 4.74 Å². The summed E-state index contributed by atoms with van der Waals surface area (Å²) in [5, 5.41) is 0. The number of benzene rings is 1. The summed E-state index contributed by atoms with van der Waals surface area (Å²) in [4.78, 5) is 11.2. The molecule has 80 valence electrons. The fraction of sp³-hybridized carbons (Fsp3) is 0.462. The number of carbonyl (C=O) groups excluding carboxylic acids is 1. The van der Waals surface area contributed by atoms with E-state index in [1.165, 1.54) is 11.1 Å². The van der Waals surface area contributed by atoms with E-state index in [1.54, 1.807) is 0 Å². The Balaban J connectivity index is 2.09. The van der Waals surface area contributed by atoms with Crippen molar-refractivity contribution in [3.05, 3.63) is 29.3 Å². The molecule has 0 saturated heterocycles. The molecule has 0 atom stereocenters. The van der Waals surface area contributed by atoms with Gasteiger partial charge in [-0.2, -0.15) is 0 Å². The fourth-order valence-corrected chi connectivity index (χ4v) is 1.93. The van der Waals surface area contributed by atoms with Crippen molar-refractivity contribution < 1.29 is 9.53 Å². The zero-order valence-corrected chi connectivity index (χ0v) is 9.08. The van der Waals surface area contributed by atoms with Crippen LogP contribution in [-0.4, -0.2) is 12.4 Å². The summed E-state index contributed by atoms with van der Waals surface area (Å²) < 4.78 is 5.58. The lowest BCUT2D eigenvalue weighted by Crippen LogP contribution is -1.99. The zero-order valence-electron chi connectivity index (χ0n) is 9.08. The summed E-state index contributed by atoms with van der Waals surface area (Å²) in [5.74, 6) is 1.35. The van der Waals surface area contributed by atoms with Crippen LogP contribution in [0.1, 0.15) is 30.9 Å². The second kappa shape index (κ2) is 4.47. The van der Waals surface area contributed by atoms with Gasteiger partial charge < -0.3 is 4.74 Å². The summed E-state index contributed by atoms with van der Waals surface area (Å²) in [6.45, 7) is 2.70. The first-order valence-electron chi connectivity index (χ1n) is 5.56. The molecule has 1 heterocycles. The Morgan fingerprint density at radius 2 is 2.33 bits per heavy atom. The second-order valence-electron chi connectivity index (χ2n) is 3.90. The third kappa shape index (κ3) is 2.20. The Hall–Kier alpha value is -1.31. The molecule has 1 aliphatic heterocycles. The van der Waals surface area contributed by atoms with Crippen LogP contribution in [0.4, 0.5) is 0 Å². The van der Waals surface area contributed by atoms with E-state index in [1.807, 2.05) is 6.92 Å². The highest BCUT2D eigenvalue weighted by atomic mass is 16.5. The van der Waals surface area contributed by atoms with Gasteiger partial charge in [-0.1, -0.05) is 25.1 Å². The first kappa shape index (κ1) is 10.2. The molecule has 0 bridgehead atoms. The van der Waals surface area contributed by atoms with Gasteiger partial charge in [-0.05, 0) is 17.5 Å². The Labute approximate surface area is 90.3 Å². The normalized spacial score (nSPS) is 13.4. The molecule has 0 saturated carbocycles. The van der Waals surface area contributed by atoms with Gasteiger partial charge in [0, 0.05) is 19.3 Å². The van der Waals surface area contributed by atoms with Crippen molar-refractivity contribution in [2.75, 3.05) is 6.61 Å². The van der Waals surface area contributed by atoms with Crippen LogP contribution in [0.25, 0.3) is 0 Å². The Morgan fingerprint density at radius 1 is 1.47 bits per heavy atom. The summed E-state index contributed by atoms with van der Waals surface area (Å²) >= 11 is 0. The number of carbonyl (C=O) groups is 1. The maximum Gasteiger partial charge on any atom is 0.132 e. The van der Waals surface area contributed by atoms with Crippen LogP contribution in [0.3, 0.4) is 0 Å². The molecule has 0 fully saturated rings. The number of hydrogen-bond donors (Lipinski definition) is 0. The average molecular weight is 204 g/mol. The minimum atomic E-state index is 0.325. The van der Waals surface area contributed by atoms with E-state index in [0.29, 0.717) is 18.6 Å². The van der Waals surface area contributed by atoms with E-state index in [9.17, 15) is 4.79 Å². The third-order valence-electron chi connectivity index (χ3n) is 2.86. The number of fused-ring (bicyclic) bond motifs is 1. The standard InChI is InChI=1S/C13H16O2/c1-2-12(14)7-6-10-4-3-5-11-8-9-15-13(10)11/h3-5H,2,6-9H2,1H3. The average Bonchev–Trinajstić information content (AvgIpc) is 2.74. The number of ether oxygens (including phenoxy) is 1. The molecule has 2 heteroatoms. The second-order valence-corrected chi connectivity index (χ2v) is 3.90. The molecule has 0 aliphatic carbocycles. The summed E-state index contributed by atoms with van der Waals surface area (Å²) in [6, 6.07) is 6.22. The minimum Gasteiger partial charge on any atom is -0.493 e. The number of rotatable bonds is 4. The Kier molecular flexibility index (Phi) is 3.05. The predicted octanol–water partition coefficient (Wildman–Crippen LogP) is 2.53. The molecular formula is C13H16O2. The van der Waals surface area contributed by atoms with Gasteiger partial charge in [0.25, 0.3) is 0 Å². The first-order chi connectivity index (χ1) is 7.31. The summed E-state index contributed by atoms with van der Waals surface area (Å²) in [5.41, 5.74) is 2.48. The molecule has 15 heavy (non-hydrogen) atoms. The van der Waals surface area contributed by atoms with Crippen LogP contribution in [0.5, 0.6) is 5.75 Å². The first-order valence-corrected chi connectivity index (χ1v) is 5.56. The molecule has 0 N–H and O–H groups in total. The fourth-order valence-electron chi connectivity index (χ4n) is 1.93. The van der Waals surface area contributed by atoms with Crippen molar-refractivity contribution in [2.24, 2.45) is 0 Å². The number of hydrogen-bond acceptors (Lipinski definition) is 2. The highest BCUT2D eigenvalue weighted by molar-refractivity contribution is 5.78. The highest BCUT2D eigenvalue weighted by Crippen LogP contribution is 2.30. The van der Waals surface area contributed by atoms with Gasteiger partial charge in [-0.3, -0.25) is 4.79 Å². The number of ketones is 1. The van der Waals surface area contributed by atoms with Gasteiger partial charge >= 0.3 is 0 Å². The molecule has 0 aromatic heterocycles. The van der Waals surface area contributed by atoms with E-state index < -0.39 is 0 Å². The van der Waals surface area contributed by atoms with Gasteiger partial charge in [-0.25, -0.2) is 0 Å². The molecule has 0 radical (unpaired) electrons. The van der Waals surface area contributed by atoms with E-state index in [2.05, 4.69) is 18.2 Å². The molecule has 1 aromatic rings. The monoisotopic (exact) mass is 204 g/mol. The molecule has 2 rings (SSSR count). The van der Waals surface area contributed by atoms with E-state index in [0.717, 1.165) is 25.2 Å². The highest BCUT2D eigenvalue weighted by Gasteiger charge is 2.15. The molecular weight excluding hydrogens is 188 g/mol. The lowest BCUT2D eigenvalue weighted by molar-refractivity contribution is -0.118. The van der Waals surface area contributed by atoms with Gasteiger partial charge in [0.05, 0.1) is 6.61 Å². The lowest BCUT2D eigenvalue weighted by Gasteiger charge is -2.06. The molecule has 1 aromatic carbocycles. The molecule has 1 aliphatic rings. The number of Topliss-reactive ketones (excluding diaryl/α,β-unsaturated/α-hetero) is 1.